The first-order valence-corrected chi connectivity index (χ1v) is 6.69. The van der Waals surface area contributed by atoms with E-state index in [9.17, 15) is 9.59 Å². The molecule has 0 saturated heterocycles. The molecule has 0 spiro atoms. The Balaban J connectivity index is 3.62. The molecule has 3 nitrogen and oxygen atoms in total. The van der Waals surface area contributed by atoms with Gasteiger partial charge in [0.05, 0.1) is 0 Å². The Bertz CT molecular complexity index is 234. The molecule has 0 aliphatic heterocycles. The van der Waals surface area contributed by atoms with Gasteiger partial charge >= 0.3 is 11.9 Å². The molecule has 0 saturated carbocycles. The molecule has 0 aromatic carbocycles. The van der Waals surface area contributed by atoms with Crippen LogP contribution >= 0.6 is 0 Å². The summed E-state index contributed by atoms with van der Waals surface area (Å²) in [5.41, 5.74) is 0. The number of ether oxygens (including phenoxy) is 1. The Morgan fingerprint density at radius 1 is 1.00 bits per heavy atom. The highest BCUT2D eigenvalue weighted by Crippen LogP contribution is 2.11. The molecule has 3 heteroatoms. The van der Waals surface area contributed by atoms with Crippen LogP contribution in [0.25, 0.3) is 0 Å². The van der Waals surface area contributed by atoms with Gasteiger partial charge in [-0.25, -0.2) is 0 Å². The number of hydrogen-bond acceptors (Lipinski definition) is 3. The number of rotatable bonds is 8. The van der Waals surface area contributed by atoms with E-state index in [0.717, 1.165) is 25.7 Å². The quantitative estimate of drug-likeness (QED) is 0.481. The lowest BCUT2D eigenvalue weighted by molar-refractivity contribution is -0.159. The third-order valence-corrected chi connectivity index (χ3v) is 2.93. The third-order valence-electron chi connectivity index (χ3n) is 2.93. The van der Waals surface area contributed by atoms with Gasteiger partial charge in [0.15, 0.2) is 0 Å². The van der Waals surface area contributed by atoms with E-state index in [-0.39, 0.29) is 11.9 Å². The maximum Gasteiger partial charge on any atom is 0.313 e. The molecule has 0 N–H and O–H groups in total. The Labute approximate surface area is 105 Å². The fraction of sp³-hybridized carbons (Fsp3) is 0.857. The molecule has 0 fully saturated rings. The number of carbonyl (C=O) groups excluding carboxylic acids is 2. The monoisotopic (exact) mass is 242 g/mol. The summed E-state index contributed by atoms with van der Waals surface area (Å²) in [5, 5.41) is 0. The van der Waals surface area contributed by atoms with Crippen LogP contribution < -0.4 is 0 Å². The Morgan fingerprint density at radius 2 is 1.59 bits per heavy atom. The number of carbonyl (C=O) groups is 2. The SMILES string of the molecule is CCC(C)CCC(=O)OC(=O)CCCC(C)C. The summed E-state index contributed by atoms with van der Waals surface area (Å²) in [7, 11) is 0. The number of hydrogen-bond donors (Lipinski definition) is 0. The summed E-state index contributed by atoms with van der Waals surface area (Å²) >= 11 is 0. The Kier molecular flexibility index (Phi) is 8.73. The molecule has 0 amide bonds. The normalized spacial score (nSPS) is 12.5. The predicted octanol–water partition coefficient (Wildman–Crippen LogP) is 3.71. The summed E-state index contributed by atoms with van der Waals surface area (Å²) in [6.07, 6.45) is 4.35. The summed E-state index contributed by atoms with van der Waals surface area (Å²) in [5.74, 6) is 0.349. The summed E-state index contributed by atoms with van der Waals surface area (Å²) in [6, 6.07) is 0. The van der Waals surface area contributed by atoms with Crippen LogP contribution in [-0.2, 0) is 14.3 Å². The highest BCUT2D eigenvalue weighted by atomic mass is 16.6. The maximum absolute atomic E-state index is 11.3. The van der Waals surface area contributed by atoms with Crippen LogP contribution in [0.5, 0.6) is 0 Å². The molecule has 0 aliphatic carbocycles. The van der Waals surface area contributed by atoms with E-state index in [2.05, 4.69) is 27.7 Å². The van der Waals surface area contributed by atoms with Crippen LogP contribution in [0.15, 0.2) is 0 Å². The molecule has 17 heavy (non-hydrogen) atoms. The molecular weight excluding hydrogens is 216 g/mol. The molecule has 1 atom stereocenters. The Morgan fingerprint density at radius 3 is 2.12 bits per heavy atom. The molecule has 0 bridgehead atoms. The smallest absolute Gasteiger partial charge is 0.313 e. The maximum atomic E-state index is 11.3. The standard InChI is InChI=1S/C14H26O3/c1-5-12(4)9-10-14(16)17-13(15)8-6-7-11(2)3/h11-12H,5-10H2,1-4H3. The topological polar surface area (TPSA) is 43.4 Å². The average Bonchev–Trinajstić information content (AvgIpc) is 2.25. The second kappa shape index (κ2) is 9.20. The first kappa shape index (κ1) is 16.1. The van der Waals surface area contributed by atoms with Gasteiger partial charge in [-0.05, 0) is 24.7 Å². The van der Waals surface area contributed by atoms with E-state index in [4.69, 9.17) is 4.74 Å². The van der Waals surface area contributed by atoms with Crippen molar-refractivity contribution in [3.05, 3.63) is 0 Å². The van der Waals surface area contributed by atoms with E-state index in [1.807, 2.05) is 0 Å². The number of esters is 2. The molecule has 0 heterocycles. The van der Waals surface area contributed by atoms with Gasteiger partial charge in [-0.3, -0.25) is 9.59 Å². The van der Waals surface area contributed by atoms with E-state index in [1.54, 1.807) is 0 Å². The van der Waals surface area contributed by atoms with Crippen LogP contribution in [0.1, 0.15) is 66.2 Å². The van der Waals surface area contributed by atoms with Gasteiger partial charge < -0.3 is 4.74 Å². The minimum absolute atomic E-state index is 0.352. The van der Waals surface area contributed by atoms with Crippen molar-refractivity contribution in [3.63, 3.8) is 0 Å². The lowest BCUT2D eigenvalue weighted by atomic mass is 10.0. The minimum Gasteiger partial charge on any atom is -0.393 e. The molecule has 0 radical (unpaired) electrons. The van der Waals surface area contributed by atoms with Crippen LogP contribution in [0.3, 0.4) is 0 Å². The molecule has 1 unspecified atom stereocenters. The lowest BCUT2D eigenvalue weighted by Gasteiger charge is -2.07. The first-order valence-electron chi connectivity index (χ1n) is 6.69. The fourth-order valence-corrected chi connectivity index (χ4v) is 1.45. The van der Waals surface area contributed by atoms with Crippen molar-refractivity contribution in [2.75, 3.05) is 0 Å². The molecular formula is C14H26O3. The summed E-state index contributed by atoms with van der Waals surface area (Å²) in [4.78, 5) is 22.6. The van der Waals surface area contributed by atoms with Gasteiger partial charge in [0.25, 0.3) is 0 Å². The van der Waals surface area contributed by atoms with E-state index in [1.165, 1.54) is 0 Å². The van der Waals surface area contributed by atoms with E-state index >= 15 is 0 Å². The van der Waals surface area contributed by atoms with Gasteiger partial charge in [0.2, 0.25) is 0 Å². The molecule has 0 aromatic heterocycles. The van der Waals surface area contributed by atoms with Crippen molar-refractivity contribution in [3.8, 4) is 0 Å². The second-order valence-electron chi connectivity index (χ2n) is 5.18. The average molecular weight is 242 g/mol. The largest absolute Gasteiger partial charge is 0.393 e. The van der Waals surface area contributed by atoms with Crippen LogP contribution in [0, 0.1) is 11.8 Å². The highest BCUT2D eigenvalue weighted by Gasteiger charge is 2.11. The predicted molar refractivity (Wildman–Crippen MR) is 68.5 cm³/mol. The van der Waals surface area contributed by atoms with Crippen molar-refractivity contribution in [1.82, 2.24) is 0 Å². The van der Waals surface area contributed by atoms with Crippen molar-refractivity contribution < 1.29 is 14.3 Å². The second-order valence-corrected chi connectivity index (χ2v) is 5.18. The van der Waals surface area contributed by atoms with Crippen molar-refractivity contribution >= 4 is 11.9 Å². The van der Waals surface area contributed by atoms with Crippen LogP contribution in [0.4, 0.5) is 0 Å². The van der Waals surface area contributed by atoms with E-state index in [0.29, 0.717) is 24.7 Å². The van der Waals surface area contributed by atoms with E-state index < -0.39 is 0 Å². The first-order chi connectivity index (χ1) is 7.95. The zero-order valence-electron chi connectivity index (χ0n) is 11.6. The van der Waals surface area contributed by atoms with Crippen molar-refractivity contribution in [1.29, 1.82) is 0 Å². The fourth-order valence-electron chi connectivity index (χ4n) is 1.45. The van der Waals surface area contributed by atoms with Crippen LogP contribution in [-0.4, -0.2) is 11.9 Å². The molecule has 0 rings (SSSR count). The minimum atomic E-state index is -0.375. The lowest BCUT2D eigenvalue weighted by Crippen LogP contribution is -2.13. The van der Waals surface area contributed by atoms with Gasteiger partial charge in [0, 0.05) is 12.8 Å². The van der Waals surface area contributed by atoms with Gasteiger partial charge in [-0.2, -0.15) is 0 Å². The van der Waals surface area contributed by atoms with Gasteiger partial charge in [-0.15, -0.1) is 0 Å². The van der Waals surface area contributed by atoms with Crippen molar-refractivity contribution in [2.45, 2.75) is 66.2 Å². The van der Waals surface area contributed by atoms with Gasteiger partial charge in [-0.1, -0.05) is 40.5 Å². The molecule has 0 aliphatic rings. The summed E-state index contributed by atoms with van der Waals surface area (Å²) < 4.78 is 4.75. The molecule has 0 aromatic rings. The van der Waals surface area contributed by atoms with Crippen molar-refractivity contribution in [2.24, 2.45) is 11.8 Å². The molecule has 100 valence electrons. The zero-order chi connectivity index (χ0) is 13.3. The van der Waals surface area contributed by atoms with Crippen LogP contribution in [0.2, 0.25) is 0 Å². The highest BCUT2D eigenvalue weighted by molar-refractivity contribution is 5.85. The summed E-state index contributed by atoms with van der Waals surface area (Å²) in [6.45, 7) is 8.41. The third kappa shape index (κ3) is 10.0. The Hall–Kier alpha value is -0.860. The van der Waals surface area contributed by atoms with Gasteiger partial charge in [0.1, 0.15) is 0 Å². The zero-order valence-corrected chi connectivity index (χ0v) is 11.6.